The van der Waals surface area contributed by atoms with Crippen LogP contribution < -0.4 is 10.7 Å². The number of carbonyl (C=O) groups is 1. The highest BCUT2D eigenvalue weighted by molar-refractivity contribution is 5.86. The molecule has 0 bridgehead atoms. The third kappa shape index (κ3) is 3.33. The molecule has 28 heavy (non-hydrogen) atoms. The van der Waals surface area contributed by atoms with Gasteiger partial charge in [0.05, 0.1) is 22.6 Å². The summed E-state index contributed by atoms with van der Waals surface area (Å²) in [6, 6.07) is 22.8. The van der Waals surface area contributed by atoms with Crippen LogP contribution in [-0.2, 0) is 0 Å². The number of rotatable bonds is 4. The highest BCUT2D eigenvalue weighted by atomic mass is 16.4. The van der Waals surface area contributed by atoms with Crippen molar-refractivity contribution >= 4 is 29.0 Å². The number of carboxylic acid groups (broad SMARTS) is 1. The van der Waals surface area contributed by atoms with Crippen molar-refractivity contribution in [1.29, 1.82) is 0 Å². The predicted molar refractivity (Wildman–Crippen MR) is 107 cm³/mol. The van der Waals surface area contributed by atoms with Gasteiger partial charge in [-0.25, -0.2) is 4.98 Å². The summed E-state index contributed by atoms with van der Waals surface area (Å²) >= 11 is 0. The van der Waals surface area contributed by atoms with Crippen LogP contribution in [-0.4, -0.2) is 15.5 Å². The van der Waals surface area contributed by atoms with Crippen molar-refractivity contribution in [2.24, 2.45) is 0 Å². The maximum atomic E-state index is 13.1. The molecule has 0 atom stereocenters. The van der Waals surface area contributed by atoms with Gasteiger partial charge in [0.1, 0.15) is 5.82 Å². The Bertz CT molecular complexity index is 1240. The minimum atomic E-state index is -1.22. The van der Waals surface area contributed by atoms with Crippen molar-refractivity contribution in [1.82, 2.24) is 9.55 Å². The van der Waals surface area contributed by atoms with Gasteiger partial charge >= 0.3 is 0 Å². The Hall–Kier alpha value is -3.99. The van der Waals surface area contributed by atoms with Crippen molar-refractivity contribution in [2.75, 3.05) is 0 Å². The molecule has 5 nitrogen and oxygen atoms in total. The lowest BCUT2D eigenvalue weighted by atomic mass is 10.1. The molecule has 0 saturated carbocycles. The summed E-state index contributed by atoms with van der Waals surface area (Å²) in [5, 5.41) is 11.4. The summed E-state index contributed by atoms with van der Waals surface area (Å²) in [7, 11) is 0. The molecule has 0 N–H and O–H groups in total. The van der Waals surface area contributed by atoms with E-state index in [-0.39, 0.29) is 11.1 Å². The number of nitrogens with zero attached hydrogens (tertiary/aromatic N) is 2. The van der Waals surface area contributed by atoms with Crippen LogP contribution in [0.4, 0.5) is 0 Å². The van der Waals surface area contributed by atoms with E-state index >= 15 is 0 Å². The second-order valence-corrected chi connectivity index (χ2v) is 6.21. The largest absolute Gasteiger partial charge is 0.545 e. The smallest absolute Gasteiger partial charge is 0.266 e. The van der Waals surface area contributed by atoms with Crippen LogP contribution in [0.3, 0.4) is 0 Å². The van der Waals surface area contributed by atoms with Gasteiger partial charge in [0.15, 0.2) is 0 Å². The zero-order valence-corrected chi connectivity index (χ0v) is 14.8. The van der Waals surface area contributed by atoms with E-state index in [2.05, 4.69) is 4.98 Å². The second kappa shape index (κ2) is 7.32. The quantitative estimate of drug-likeness (QED) is 0.556. The zero-order valence-electron chi connectivity index (χ0n) is 14.8. The number of hydrogen-bond acceptors (Lipinski definition) is 4. The number of para-hydroxylation sites is 2. The first-order valence-electron chi connectivity index (χ1n) is 8.70. The number of aromatic carboxylic acids is 1. The van der Waals surface area contributed by atoms with Gasteiger partial charge in [0.2, 0.25) is 0 Å². The van der Waals surface area contributed by atoms with E-state index in [9.17, 15) is 14.7 Å². The van der Waals surface area contributed by atoms with E-state index in [1.54, 1.807) is 41.0 Å². The number of carboxylic acids is 1. The molecular weight excluding hydrogens is 352 g/mol. The number of benzene rings is 3. The molecule has 4 rings (SSSR count). The van der Waals surface area contributed by atoms with Crippen molar-refractivity contribution in [3.05, 3.63) is 106 Å². The Labute approximate surface area is 160 Å². The van der Waals surface area contributed by atoms with Crippen LogP contribution in [0, 0.1) is 0 Å². The van der Waals surface area contributed by atoms with Crippen LogP contribution in [0.1, 0.15) is 21.7 Å². The van der Waals surface area contributed by atoms with Gasteiger partial charge in [-0.05, 0) is 41.5 Å². The van der Waals surface area contributed by atoms with E-state index < -0.39 is 5.97 Å². The molecule has 3 aromatic carbocycles. The van der Waals surface area contributed by atoms with Crippen LogP contribution in [0.2, 0.25) is 0 Å². The van der Waals surface area contributed by atoms with Crippen molar-refractivity contribution < 1.29 is 9.90 Å². The number of hydrogen-bond donors (Lipinski definition) is 0. The predicted octanol–water partition coefficient (Wildman–Crippen LogP) is 2.92. The molecule has 0 amide bonds. The summed E-state index contributed by atoms with van der Waals surface area (Å²) in [4.78, 5) is 28.6. The minimum absolute atomic E-state index is 0.113. The maximum absolute atomic E-state index is 13.1. The van der Waals surface area contributed by atoms with E-state index in [0.29, 0.717) is 16.7 Å². The third-order valence-corrected chi connectivity index (χ3v) is 4.39. The van der Waals surface area contributed by atoms with Gasteiger partial charge in [0, 0.05) is 0 Å². The molecule has 136 valence electrons. The molecule has 0 unspecified atom stereocenters. The molecule has 1 aromatic heterocycles. The van der Waals surface area contributed by atoms with Crippen LogP contribution >= 0.6 is 0 Å². The lowest BCUT2D eigenvalue weighted by molar-refractivity contribution is -0.255. The van der Waals surface area contributed by atoms with Gasteiger partial charge in [-0.1, -0.05) is 60.7 Å². The summed E-state index contributed by atoms with van der Waals surface area (Å²) in [5.74, 6) is -0.733. The van der Waals surface area contributed by atoms with E-state index in [0.717, 1.165) is 11.3 Å². The number of fused-ring (bicyclic) bond motifs is 1. The molecule has 5 heteroatoms. The average molecular weight is 367 g/mol. The fourth-order valence-corrected chi connectivity index (χ4v) is 2.99. The normalized spacial score (nSPS) is 11.1. The molecular formula is C23H15N2O3-. The summed E-state index contributed by atoms with van der Waals surface area (Å²) in [5.41, 5.74) is 2.09. The second-order valence-electron chi connectivity index (χ2n) is 6.21. The van der Waals surface area contributed by atoms with Gasteiger partial charge in [-0.3, -0.25) is 9.36 Å². The van der Waals surface area contributed by atoms with E-state index in [1.807, 2.05) is 42.5 Å². The van der Waals surface area contributed by atoms with Crippen LogP contribution in [0.15, 0.2) is 83.7 Å². The van der Waals surface area contributed by atoms with Crippen molar-refractivity contribution in [2.45, 2.75) is 0 Å². The molecule has 0 aliphatic carbocycles. The Morgan fingerprint density at radius 1 is 0.857 bits per heavy atom. The Balaban J connectivity index is 1.85. The van der Waals surface area contributed by atoms with Crippen LogP contribution in [0.25, 0.3) is 28.7 Å². The maximum Gasteiger partial charge on any atom is 0.266 e. The van der Waals surface area contributed by atoms with Crippen molar-refractivity contribution in [3.63, 3.8) is 0 Å². The minimum Gasteiger partial charge on any atom is -0.545 e. The first-order valence-corrected chi connectivity index (χ1v) is 8.70. The molecule has 0 aliphatic rings. The molecule has 0 spiro atoms. The lowest BCUT2D eigenvalue weighted by Crippen LogP contribution is -2.22. The molecule has 4 aromatic rings. The highest BCUT2D eigenvalue weighted by Crippen LogP contribution is 2.15. The number of carbonyl (C=O) groups excluding carboxylic acids is 1. The molecule has 0 aliphatic heterocycles. The van der Waals surface area contributed by atoms with Gasteiger partial charge in [-0.2, -0.15) is 0 Å². The monoisotopic (exact) mass is 367 g/mol. The summed E-state index contributed by atoms with van der Waals surface area (Å²) in [6.45, 7) is 0. The third-order valence-electron chi connectivity index (χ3n) is 4.39. The molecule has 0 fully saturated rings. The Morgan fingerprint density at radius 3 is 2.25 bits per heavy atom. The number of aromatic nitrogens is 2. The standard InChI is InChI=1S/C23H16N2O3/c26-22-19-8-4-5-9-20(19)24-21(25(22)18-6-2-1-3-7-18)15-12-16-10-13-17(14-11-16)23(27)28/h1-15H,(H,27,28)/p-1/b15-12+. The average Bonchev–Trinajstić information content (AvgIpc) is 2.73. The SMILES string of the molecule is O=C([O-])c1ccc(/C=C/c2nc3ccccc3c(=O)n2-c2ccccc2)cc1. The van der Waals surface area contributed by atoms with Gasteiger partial charge < -0.3 is 9.90 Å². The molecule has 0 saturated heterocycles. The summed E-state index contributed by atoms with van der Waals surface area (Å²) in [6.07, 6.45) is 3.53. The van der Waals surface area contributed by atoms with Crippen LogP contribution in [0.5, 0.6) is 0 Å². The fourth-order valence-electron chi connectivity index (χ4n) is 2.99. The Morgan fingerprint density at radius 2 is 1.54 bits per heavy atom. The van der Waals surface area contributed by atoms with E-state index in [1.165, 1.54) is 12.1 Å². The van der Waals surface area contributed by atoms with Gasteiger partial charge in [0.25, 0.3) is 5.56 Å². The first kappa shape index (κ1) is 17.4. The zero-order chi connectivity index (χ0) is 19.5. The molecule has 0 radical (unpaired) electrons. The topological polar surface area (TPSA) is 75.0 Å². The highest BCUT2D eigenvalue weighted by Gasteiger charge is 2.10. The summed E-state index contributed by atoms with van der Waals surface area (Å²) < 4.78 is 1.56. The fraction of sp³-hybridized carbons (Fsp3) is 0. The lowest BCUT2D eigenvalue weighted by Gasteiger charge is -2.11. The molecule has 1 heterocycles. The van der Waals surface area contributed by atoms with Crippen molar-refractivity contribution in [3.8, 4) is 5.69 Å². The van der Waals surface area contributed by atoms with Gasteiger partial charge in [-0.15, -0.1) is 0 Å². The van der Waals surface area contributed by atoms with E-state index in [4.69, 9.17) is 0 Å². The Kier molecular flexibility index (Phi) is 4.56. The first-order chi connectivity index (χ1) is 13.6.